The molecule has 0 bridgehead atoms. The van der Waals surface area contributed by atoms with Crippen molar-refractivity contribution in [2.75, 3.05) is 50.0 Å². The lowest BCUT2D eigenvalue weighted by Gasteiger charge is -2.26. The second kappa shape index (κ2) is 8.93. The standard InChI is InChI=1S/C16H20ClIN6O/c1-11-10-12(18)2-3-13(11)20-16-22-14(17)21-15(23-16)19-4-5-24-6-8-25-9-7-24/h2-3,10H,4-9H2,1H3,(H2,19,20,21,22,23). The van der Waals surface area contributed by atoms with Gasteiger partial charge in [0, 0.05) is 35.4 Å². The number of ether oxygens (including phenoxy) is 1. The Kier molecular flexibility index (Phi) is 6.63. The molecule has 2 N–H and O–H groups in total. The van der Waals surface area contributed by atoms with E-state index in [1.54, 1.807) is 0 Å². The van der Waals surface area contributed by atoms with Gasteiger partial charge < -0.3 is 15.4 Å². The number of nitrogens with one attached hydrogen (secondary N) is 2. The molecular formula is C16H20ClIN6O. The van der Waals surface area contributed by atoms with Crippen molar-refractivity contribution in [3.63, 3.8) is 0 Å². The quantitative estimate of drug-likeness (QED) is 0.624. The summed E-state index contributed by atoms with van der Waals surface area (Å²) in [4.78, 5) is 15.0. The van der Waals surface area contributed by atoms with Crippen LogP contribution in [0.5, 0.6) is 0 Å². The number of rotatable bonds is 6. The maximum atomic E-state index is 6.04. The Hall–Kier alpha value is -1.23. The van der Waals surface area contributed by atoms with E-state index in [9.17, 15) is 0 Å². The Labute approximate surface area is 165 Å². The molecule has 1 aliphatic heterocycles. The molecule has 1 fully saturated rings. The van der Waals surface area contributed by atoms with E-state index in [2.05, 4.69) is 59.1 Å². The highest BCUT2D eigenvalue weighted by Gasteiger charge is 2.11. The molecule has 0 radical (unpaired) electrons. The highest BCUT2D eigenvalue weighted by Crippen LogP contribution is 2.21. The van der Waals surface area contributed by atoms with Gasteiger partial charge in [0.2, 0.25) is 17.2 Å². The van der Waals surface area contributed by atoms with Crippen molar-refractivity contribution in [3.05, 3.63) is 32.6 Å². The molecule has 2 aromatic rings. The molecule has 9 heteroatoms. The fourth-order valence-corrected chi connectivity index (χ4v) is 3.33. The third kappa shape index (κ3) is 5.63. The van der Waals surface area contributed by atoms with E-state index < -0.39 is 0 Å². The molecule has 0 spiro atoms. The summed E-state index contributed by atoms with van der Waals surface area (Å²) in [5, 5.41) is 6.58. The smallest absolute Gasteiger partial charge is 0.233 e. The molecule has 2 heterocycles. The summed E-state index contributed by atoms with van der Waals surface area (Å²) < 4.78 is 6.53. The molecule has 1 aliphatic rings. The summed E-state index contributed by atoms with van der Waals surface area (Å²) in [7, 11) is 0. The highest BCUT2D eigenvalue weighted by molar-refractivity contribution is 14.1. The SMILES string of the molecule is Cc1cc(I)ccc1Nc1nc(Cl)nc(NCCN2CCOCC2)n1. The lowest BCUT2D eigenvalue weighted by Crippen LogP contribution is -2.39. The first-order valence-corrected chi connectivity index (χ1v) is 9.54. The van der Waals surface area contributed by atoms with Gasteiger partial charge in [0.25, 0.3) is 0 Å². The molecule has 0 amide bonds. The third-order valence-electron chi connectivity index (χ3n) is 3.86. The Balaban J connectivity index is 1.61. The topological polar surface area (TPSA) is 75.2 Å². The van der Waals surface area contributed by atoms with Crippen molar-refractivity contribution in [2.45, 2.75) is 6.92 Å². The Morgan fingerprint density at radius 2 is 1.96 bits per heavy atom. The maximum absolute atomic E-state index is 6.04. The third-order valence-corrected chi connectivity index (χ3v) is 4.70. The van der Waals surface area contributed by atoms with Crippen LogP contribution in [-0.4, -0.2) is 59.2 Å². The molecule has 3 rings (SSSR count). The minimum atomic E-state index is 0.162. The molecule has 0 atom stereocenters. The summed E-state index contributed by atoms with van der Waals surface area (Å²) in [6.07, 6.45) is 0. The minimum Gasteiger partial charge on any atom is -0.379 e. The van der Waals surface area contributed by atoms with Crippen LogP contribution in [0.1, 0.15) is 5.56 Å². The van der Waals surface area contributed by atoms with E-state index in [1.165, 1.54) is 3.57 Å². The maximum Gasteiger partial charge on any atom is 0.233 e. The molecule has 1 aromatic carbocycles. The van der Waals surface area contributed by atoms with Crippen LogP contribution in [-0.2, 0) is 4.74 Å². The van der Waals surface area contributed by atoms with E-state index >= 15 is 0 Å². The number of nitrogens with zero attached hydrogens (tertiary/aromatic N) is 4. The normalized spacial score (nSPS) is 15.2. The van der Waals surface area contributed by atoms with Gasteiger partial charge in [-0.25, -0.2) is 0 Å². The van der Waals surface area contributed by atoms with Crippen LogP contribution in [0.2, 0.25) is 5.28 Å². The molecule has 7 nitrogen and oxygen atoms in total. The molecule has 0 unspecified atom stereocenters. The van der Waals surface area contributed by atoms with Gasteiger partial charge in [-0.05, 0) is 64.9 Å². The summed E-state index contributed by atoms with van der Waals surface area (Å²) >= 11 is 8.32. The number of morpholine rings is 1. The zero-order chi connectivity index (χ0) is 17.6. The molecule has 134 valence electrons. The van der Waals surface area contributed by atoms with Crippen LogP contribution < -0.4 is 10.6 Å². The van der Waals surface area contributed by atoms with Crippen LogP contribution >= 0.6 is 34.2 Å². The number of aryl methyl sites for hydroxylation is 1. The molecule has 1 aromatic heterocycles. The van der Waals surface area contributed by atoms with Gasteiger partial charge in [-0.3, -0.25) is 4.90 Å². The van der Waals surface area contributed by atoms with Gasteiger partial charge in [-0.1, -0.05) is 0 Å². The highest BCUT2D eigenvalue weighted by atomic mass is 127. The first-order chi connectivity index (χ1) is 12.1. The zero-order valence-corrected chi connectivity index (χ0v) is 16.8. The van der Waals surface area contributed by atoms with E-state index in [4.69, 9.17) is 16.3 Å². The van der Waals surface area contributed by atoms with Crippen molar-refractivity contribution in [1.29, 1.82) is 0 Å². The van der Waals surface area contributed by atoms with Crippen molar-refractivity contribution in [1.82, 2.24) is 19.9 Å². The van der Waals surface area contributed by atoms with Gasteiger partial charge in [0.05, 0.1) is 13.2 Å². The average Bonchev–Trinajstić information content (AvgIpc) is 2.58. The van der Waals surface area contributed by atoms with Crippen LogP contribution in [0.3, 0.4) is 0 Å². The number of hydrogen-bond acceptors (Lipinski definition) is 7. The second-order valence-electron chi connectivity index (χ2n) is 5.72. The van der Waals surface area contributed by atoms with Crippen molar-refractivity contribution < 1.29 is 4.74 Å². The first kappa shape index (κ1) is 18.6. The van der Waals surface area contributed by atoms with E-state index in [-0.39, 0.29) is 5.28 Å². The first-order valence-electron chi connectivity index (χ1n) is 8.09. The second-order valence-corrected chi connectivity index (χ2v) is 7.30. The van der Waals surface area contributed by atoms with Crippen molar-refractivity contribution in [2.24, 2.45) is 0 Å². The van der Waals surface area contributed by atoms with Gasteiger partial charge in [0.15, 0.2) is 0 Å². The van der Waals surface area contributed by atoms with Gasteiger partial charge >= 0.3 is 0 Å². The fourth-order valence-electron chi connectivity index (χ4n) is 2.52. The van der Waals surface area contributed by atoms with Crippen LogP contribution in [0.25, 0.3) is 0 Å². The van der Waals surface area contributed by atoms with Gasteiger partial charge in [-0.15, -0.1) is 0 Å². The number of aromatic nitrogens is 3. The fraction of sp³-hybridized carbons (Fsp3) is 0.438. The van der Waals surface area contributed by atoms with E-state index in [0.717, 1.165) is 50.6 Å². The lowest BCUT2D eigenvalue weighted by atomic mass is 10.2. The summed E-state index contributed by atoms with van der Waals surface area (Å²) in [5.41, 5.74) is 2.06. The van der Waals surface area contributed by atoms with Crippen molar-refractivity contribution in [3.8, 4) is 0 Å². The monoisotopic (exact) mass is 474 g/mol. The van der Waals surface area contributed by atoms with Crippen LogP contribution in [0.15, 0.2) is 18.2 Å². The Morgan fingerprint density at radius 1 is 1.20 bits per heavy atom. The van der Waals surface area contributed by atoms with Gasteiger partial charge in [0.1, 0.15) is 0 Å². The summed E-state index contributed by atoms with van der Waals surface area (Å²) in [6, 6.07) is 6.12. The Morgan fingerprint density at radius 3 is 2.72 bits per heavy atom. The van der Waals surface area contributed by atoms with Gasteiger partial charge in [-0.2, -0.15) is 15.0 Å². The zero-order valence-electron chi connectivity index (χ0n) is 13.9. The number of halogens is 2. The molecular weight excluding hydrogens is 455 g/mol. The Bertz CT molecular complexity index is 726. The van der Waals surface area contributed by atoms with E-state index in [0.29, 0.717) is 11.9 Å². The number of hydrogen-bond donors (Lipinski definition) is 2. The number of anilines is 3. The predicted molar refractivity (Wildman–Crippen MR) is 108 cm³/mol. The summed E-state index contributed by atoms with van der Waals surface area (Å²) in [6.45, 7) is 7.18. The lowest BCUT2D eigenvalue weighted by molar-refractivity contribution is 0.0398. The largest absolute Gasteiger partial charge is 0.379 e. The number of benzene rings is 1. The van der Waals surface area contributed by atoms with Crippen LogP contribution in [0.4, 0.5) is 17.6 Å². The van der Waals surface area contributed by atoms with Crippen LogP contribution in [0, 0.1) is 10.5 Å². The minimum absolute atomic E-state index is 0.162. The van der Waals surface area contributed by atoms with Crippen molar-refractivity contribution >= 4 is 51.8 Å². The molecule has 25 heavy (non-hydrogen) atoms. The molecule has 1 saturated heterocycles. The predicted octanol–water partition coefficient (Wildman–Crippen LogP) is 2.93. The van der Waals surface area contributed by atoms with E-state index in [1.807, 2.05) is 19.1 Å². The molecule has 0 saturated carbocycles. The molecule has 0 aliphatic carbocycles. The average molecular weight is 475 g/mol. The summed E-state index contributed by atoms with van der Waals surface area (Å²) in [5.74, 6) is 0.900.